The Morgan fingerprint density at radius 3 is 2.61 bits per heavy atom. The summed E-state index contributed by atoms with van der Waals surface area (Å²) >= 11 is 0. The predicted molar refractivity (Wildman–Crippen MR) is 69.6 cm³/mol. The van der Waals surface area contributed by atoms with Crippen LogP contribution >= 0.6 is 0 Å². The summed E-state index contributed by atoms with van der Waals surface area (Å²) in [7, 11) is 0. The minimum atomic E-state index is 0.239. The van der Waals surface area contributed by atoms with Gasteiger partial charge in [0.05, 0.1) is 5.69 Å². The molecule has 1 aromatic heterocycles. The average Bonchev–Trinajstić information content (AvgIpc) is 2.40. The van der Waals surface area contributed by atoms with Gasteiger partial charge in [-0.05, 0) is 37.5 Å². The van der Waals surface area contributed by atoms with E-state index in [0.717, 1.165) is 31.4 Å². The molecule has 4 heteroatoms. The molecule has 1 N–H and O–H groups in total. The summed E-state index contributed by atoms with van der Waals surface area (Å²) < 4.78 is 5.91. The van der Waals surface area contributed by atoms with E-state index < -0.39 is 0 Å². The summed E-state index contributed by atoms with van der Waals surface area (Å²) in [4.78, 5) is 8.41. The van der Waals surface area contributed by atoms with Gasteiger partial charge in [0.1, 0.15) is 12.4 Å². The van der Waals surface area contributed by atoms with E-state index in [9.17, 15) is 0 Å². The molecule has 0 saturated heterocycles. The van der Waals surface area contributed by atoms with Gasteiger partial charge in [0.2, 0.25) is 5.88 Å². The van der Waals surface area contributed by atoms with Crippen molar-refractivity contribution in [1.82, 2.24) is 9.97 Å². The van der Waals surface area contributed by atoms with E-state index in [2.05, 4.69) is 23.8 Å². The van der Waals surface area contributed by atoms with Crippen molar-refractivity contribution in [3.63, 3.8) is 0 Å². The molecule has 100 valence electrons. The highest BCUT2D eigenvalue weighted by Crippen LogP contribution is 2.27. The second kappa shape index (κ2) is 6.14. The van der Waals surface area contributed by atoms with Gasteiger partial charge in [0.25, 0.3) is 0 Å². The minimum absolute atomic E-state index is 0.239. The van der Waals surface area contributed by atoms with Gasteiger partial charge < -0.3 is 9.84 Å². The summed E-state index contributed by atoms with van der Waals surface area (Å²) in [5.74, 6) is 1.53. The summed E-state index contributed by atoms with van der Waals surface area (Å²) in [6, 6.07) is 1.93. The highest BCUT2D eigenvalue weighted by Gasteiger charge is 2.22. The monoisotopic (exact) mass is 250 g/mol. The fourth-order valence-electron chi connectivity index (χ4n) is 2.34. The predicted octanol–water partition coefficient (Wildman–Crippen LogP) is 2.53. The second-order valence-electron chi connectivity index (χ2n) is 5.38. The third kappa shape index (κ3) is 3.42. The number of rotatable bonds is 4. The minimum Gasteiger partial charge on any atom is -0.474 e. The van der Waals surface area contributed by atoms with Crippen LogP contribution in [0.25, 0.3) is 0 Å². The maximum atomic E-state index is 9.10. The van der Waals surface area contributed by atoms with Crippen molar-refractivity contribution >= 4 is 0 Å². The van der Waals surface area contributed by atoms with E-state index in [-0.39, 0.29) is 6.10 Å². The molecule has 1 fully saturated rings. The third-order valence-electron chi connectivity index (χ3n) is 3.59. The summed E-state index contributed by atoms with van der Waals surface area (Å²) in [5, 5.41) is 9.10. The Kier molecular flexibility index (Phi) is 4.53. The Balaban J connectivity index is 1.92. The molecule has 18 heavy (non-hydrogen) atoms. The zero-order chi connectivity index (χ0) is 13.0. The first-order chi connectivity index (χ1) is 8.69. The molecule has 0 unspecified atom stereocenters. The first-order valence-electron chi connectivity index (χ1n) is 6.78. The number of aliphatic hydroxyl groups excluding tert-OH is 1. The van der Waals surface area contributed by atoms with Gasteiger partial charge in [-0.2, -0.15) is 0 Å². The van der Waals surface area contributed by atoms with E-state index in [1.165, 1.54) is 0 Å². The molecule has 0 radical (unpaired) electrons. The van der Waals surface area contributed by atoms with Gasteiger partial charge >= 0.3 is 0 Å². The molecule has 2 rings (SSSR count). The lowest BCUT2D eigenvalue weighted by Gasteiger charge is -2.27. The second-order valence-corrected chi connectivity index (χ2v) is 5.38. The molecule has 1 aliphatic rings. The lowest BCUT2D eigenvalue weighted by molar-refractivity contribution is 0.100. The molecule has 0 aromatic carbocycles. The van der Waals surface area contributed by atoms with E-state index >= 15 is 0 Å². The molecular formula is C14H22N2O2. The molecule has 1 aromatic rings. The van der Waals surface area contributed by atoms with Crippen molar-refractivity contribution in [2.45, 2.75) is 51.6 Å². The fraction of sp³-hybridized carbons (Fsp3) is 0.714. The van der Waals surface area contributed by atoms with E-state index in [0.29, 0.717) is 24.3 Å². The van der Waals surface area contributed by atoms with Crippen LogP contribution in [-0.2, 0) is 0 Å². The molecule has 4 nitrogen and oxygen atoms in total. The lowest BCUT2D eigenvalue weighted by atomic mass is 9.88. The molecule has 0 atom stereocenters. The summed E-state index contributed by atoms with van der Waals surface area (Å²) in [5.41, 5.74) is 1.02. The molecule has 1 saturated carbocycles. The number of hydrogen-bond acceptors (Lipinski definition) is 4. The quantitative estimate of drug-likeness (QED) is 0.892. The Labute approximate surface area is 108 Å². The van der Waals surface area contributed by atoms with Gasteiger partial charge in [-0.25, -0.2) is 9.97 Å². The number of hydrogen-bond donors (Lipinski definition) is 1. The Bertz CT molecular complexity index is 374. The first-order valence-corrected chi connectivity index (χ1v) is 6.78. The van der Waals surface area contributed by atoms with Crippen molar-refractivity contribution < 1.29 is 9.84 Å². The molecular weight excluding hydrogens is 228 g/mol. The third-order valence-corrected chi connectivity index (χ3v) is 3.59. The Hall–Kier alpha value is -1.16. The van der Waals surface area contributed by atoms with Crippen LogP contribution in [0.4, 0.5) is 0 Å². The van der Waals surface area contributed by atoms with Gasteiger partial charge in [0, 0.05) is 12.7 Å². The number of ether oxygens (including phenoxy) is 1. The average molecular weight is 250 g/mol. The molecule has 0 aliphatic heterocycles. The fourth-order valence-corrected chi connectivity index (χ4v) is 2.34. The smallest absolute Gasteiger partial charge is 0.216 e. The van der Waals surface area contributed by atoms with E-state index in [4.69, 9.17) is 9.84 Å². The highest BCUT2D eigenvalue weighted by molar-refractivity contribution is 5.16. The lowest BCUT2D eigenvalue weighted by Crippen LogP contribution is -2.25. The van der Waals surface area contributed by atoms with Crippen LogP contribution in [0.1, 0.15) is 51.1 Å². The van der Waals surface area contributed by atoms with Gasteiger partial charge in [-0.15, -0.1) is 0 Å². The standard InChI is InChI=1S/C14H22N2O2/c1-10(2)13-7-14(16-9-15-13)18-12-5-3-11(8-17)4-6-12/h7,9-12,17H,3-6,8H2,1-2H3. The summed E-state index contributed by atoms with van der Waals surface area (Å²) in [6.07, 6.45) is 5.91. The summed E-state index contributed by atoms with van der Waals surface area (Å²) in [6.45, 7) is 4.52. The van der Waals surface area contributed by atoms with Gasteiger partial charge in [-0.1, -0.05) is 13.8 Å². The van der Waals surface area contributed by atoms with Crippen molar-refractivity contribution in [2.24, 2.45) is 5.92 Å². The van der Waals surface area contributed by atoms with Crippen LogP contribution in [-0.4, -0.2) is 27.8 Å². The van der Waals surface area contributed by atoms with Crippen molar-refractivity contribution in [3.8, 4) is 5.88 Å². The zero-order valence-corrected chi connectivity index (χ0v) is 11.2. The maximum Gasteiger partial charge on any atom is 0.216 e. The first kappa shape index (κ1) is 13.3. The topological polar surface area (TPSA) is 55.2 Å². The van der Waals surface area contributed by atoms with Crippen molar-refractivity contribution in [2.75, 3.05) is 6.61 Å². The van der Waals surface area contributed by atoms with Gasteiger partial charge in [0.15, 0.2) is 0 Å². The van der Waals surface area contributed by atoms with Crippen LogP contribution in [0.2, 0.25) is 0 Å². The number of aliphatic hydroxyl groups is 1. The zero-order valence-electron chi connectivity index (χ0n) is 11.2. The van der Waals surface area contributed by atoms with Crippen LogP contribution in [0.3, 0.4) is 0 Å². The molecule has 0 spiro atoms. The Morgan fingerprint density at radius 1 is 1.28 bits per heavy atom. The molecule has 0 bridgehead atoms. The largest absolute Gasteiger partial charge is 0.474 e. The Morgan fingerprint density at radius 2 is 2.00 bits per heavy atom. The van der Waals surface area contributed by atoms with Crippen molar-refractivity contribution in [1.29, 1.82) is 0 Å². The van der Waals surface area contributed by atoms with E-state index in [1.807, 2.05) is 6.07 Å². The SMILES string of the molecule is CC(C)c1cc(OC2CCC(CO)CC2)ncn1. The molecule has 1 heterocycles. The van der Waals surface area contributed by atoms with Crippen molar-refractivity contribution in [3.05, 3.63) is 18.1 Å². The van der Waals surface area contributed by atoms with Crippen LogP contribution in [0.15, 0.2) is 12.4 Å². The van der Waals surface area contributed by atoms with Crippen LogP contribution in [0, 0.1) is 5.92 Å². The maximum absolute atomic E-state index is 9.10. The number of nitrogens with zero attached hydrogens (tertiary/aromatic N) is 2. The molecule has 0 amide bonds. The number of aromatic nitrogens is 2. The van der Waals surface area contributed by atoms with E-state index in [1.54, 1.807) is 6.33 Å². The van der Waals surface area contributed by atoms with Gasteiger partial charge in [-0.3, -0.25) is 0 Å². The highest BCUT2D eigenvalue weighted by atomic mass is 16.5. The van der Waals surface area contributed by atoms with Crippen LogP contribution < -0.4 is 4.74 Å². The normalized spacial score (nSPS) is 24.2. The molecule has 1 aliphatic carbocycles. The van der Waals surface area contributed by atoms with Crippen LogP contribution in [0.5, 0.6) is 5.88 Å².